The van der Waals surface area contributed by atoms with Gasteiger partial charge in [0.15, 0.2) is 5.76 Å². The number of amides is 1. The van der Waals surface area contributed by atoms with Crippen LogP contribution in [0.5, 0.6) is 5.75 Å². The summed E-state index contributed by atoms with van der Waals surface area (Å²) in [4.78, 5) is 12.1. The number of nitrogens with one attached hydrogen (secondary N) is 1. The fraction of sp³-hybridized carbons (Fsp3) is 0.176. The van der Waals surface area contributed by atoms with E-state index in [1.807, 2.05) is 37.4 Å². The first-order chi connectivity index (χ1) is 11.6. The molecule has 2 aromatic heterocycles. The number of rotatable bonds is 6. The Morgan fingerprint density at radius 1 is 1.25 bits per heavy atom. The van der Waals surface area contributed by atoms with Gasteiger partial charge in [0.05, 0.1) is 12.2 Å². The lowest BCUT2D eigenvalue weighted by Gasteiger charge is -2.05. The van der Waals surface area contributed by atoms with Crippen LogP contribution in [0.1, 0.15) is 22.0 Å². The molecule has 24 heavy (non-hydrogen) atoms. The van der Waals surface area contributed by atoms with Crippen molar-refractivity contribution in [2.75, 3.05) is 0 Å². The van der Waals surface area contributed by atoms with Gasteiger partial charge in [0.2, 0.25) is 0 Å². The lowest BCUT2D eigenvalue weighted by Crippen LogP contribution is -2.23. The third-order valence-corrected chi connectivity index (χ3v) is 4.15. The molecule has 0 bridgehead atoms. The average molecular weight is 437 g/mol. The number of aromatic nitrogens is 2. The quantitative estimate of drug-likeness (QED) is 0.602. The van der Waals surface area contributed by atoms with E-state index < -0.39 is 0 Å². The number of ether oxygens (including phenoxy) is 1. The van der Waals surface area contributed by atoms with Crippen LogP contribution in [0.2, 0.25) is 0 Å². The number of benzene rings is 1. The zero-order valence-corrected chi connectivity index (χ0v) is 15.2. The Kier molecular flexibility index (Phi) is 5.19. The molecule has 0 fully saturated rings. The van der Waals surface area contributed by atoms with Gasteiger partial charge in [0.25, 0.3) is 5.91 Å². The number of halogens is 1. The molecular weight excluding hydrogens is 421 g/mol. The van der Waals surface area contributed by atoms with E-state index in [0.29, 0.717) is 12.3 Å². The lowest BCUT2D eigenvalue weighted by molar-refractivity contribution is 0.0918. The maximum absolute atomic E-state index is 12.1. The topological polar surface area (TPSA) is 69.3 Å². The minimum atomic E-state index is -0.267. The highest BCUT2D eigenvalue weighted by atomic mass is 127. The molecule has 0 aliphatic rings. The molecule has 0 aliphatic carbocycles. The van der Waals surface area contributed by atoms with Crippen LogP contribution >= 0.6 is 22.6 Å². The molecule has 124 valence electrons. The fourth-order valence-corrected chi connectivity index (χ4v) is 2.46. The van der Waals surface area contributed by atoms with Crippen LogP contribution in [0.3, 0.4) is 0 Å². The Balaban J connectivity index is 1.53. The molecule has 0 unspecified atom stereocenters. The van der Waals surface area contributed by atoms with Gasteiger partial charge < -0.3 is 14.5 Å². The average Bonchev–Trinajstić information content (AvgIpc) is 3.21. The van der Waals surface area contributed by atoms with Gasteiger partial charge in [-0.25, -0.2) is 0 Å². The number of nitrogens with zero attached hydrogens (tertiary/aromatic N) is 2. The van der Waals surface area contributed by atoms with Crippen molar-refractivity contribution < 1.29 is 13.9 Å². The second-order valence-electron chi connectivity index (χ2n) is 5.14. The number of hydrogen-bond acceptors (Lipinski definition) is 4. The van der Waals surface area contributed by atoms with Crippen LogP contribution in [0.15, 0.2) is 53.1 Å². The summed E-state index contributed by atoms with van der Waals surface area (Å²) in [7, 11) is 1.83. The van der Waals surface area contributed by atoms with Gasteiger partial charge in [-0.05, 0) is 65.1 Å². The third kappa shape index (κ3) is 4.16. The van der Waals surface area contributed by atoms with Crippen molar-refractivity contribution >= 4 is 28.5 Å². The molecule has 0 radical (unpaired) electrons. The zero-order chi connectivity index (χ0) is 16.9. The summed E-state index contributed by atoms with van der Waals surface area (Å²) in [5, 5.41) is 6.86. The predicted molar refractivity (Wildman–Crippen MR) is 96.6 cm³/mol. The van der Waals surface area contributed by atoms with Gasteiger partial charge in [0, 0.05) is 16.8 Å². The van der Waals surface area contributed by atoms with E-state index in [2.05, 4.69) is 33.0 Å². The van der Waals surface area contributed by atoms with Crippen molar-refractivity contribution in [2.45, 2.75) is 13.2 Å². The molecule has 1 amide bonds. The maximum atomic E-state index is 12.1. The van der Waals surface area contributed by atoms with E-state index in [1.165, 1.54) is 0 Å². The maximum Gasteiger partial charge on any atom is 0.287 e. The molecule has 2 heterocycles. The van der Waals surface area contributed by atoms with E-state index in [1.54, 1.807) is 23.0 Å². The van der Waals surface area contributed by atoms with Gasteiger partial charge >= 0.3 is 0 Å². The minimum absolute atomic E-state index is 0.262. The Morgan fingerprint density at radius 3 is 2.75 bits per heavy atom. The van der Waals surface area contributed by atoms with E-state index in [9.17, 15) is 4.79 Å². The largest absolute Gasteiger partial charge is 0.486 e. The Morgan fingerprint density at radius 2 is 2.04 bits per heavy atom. The number of aryl methyl sites for hydroxylation is 1. The van der Waals surface area contributed by atoms with Crippen molar-refractivity contribution in [1.29, 1.82) is 0 Å². The number of carbonyl (C=O) groups is 1. The summed E-state index contributed by atoms with van der Waals surface area (Å²) in [6.07, 6.45) is 1.69. The second kappa shape index (κ2) is 7.52. The first-order valence-corrected chi connectivity index (χ1v) is 8.42. The first-order valence-electron chi connectivity index (χ1n) is 7.34. The van der Waals surface area contributed by atoms with Crippen LogP contribution in [-0.4, -0.2) is 15.7 Å². The van der Waals surface area contributed by atoms with Crippen LogP contribution in [0.25, 0.3) is 0 Å². The van der Waals surface area contributed by atoms with Crippen molar-refractivity contribution in [3.8, 4) is 5.75 Å². The molecular formula is C17H16IN3O3. The third-order valence-electron chi connectivity index (χ3n) is 3.43. The SMILES string of the molecule is Cn1nccc1CNC(=O)c1ccc(COc2ccc(I)cc2)o1. The zero-order valence-electron chi connectivity index (χ0n) is 13.0. The smallest absolute Gasteiger partial charge is 0.287 e. The van der Waals surface area contributed by atoms with Gasteiger partial charge in [-0.1, -0.05) is 0 Å². The Bertz CT molecular complexity index is 824. The Hall–Kier alpha value is -2.29. The summed E-state index contributed by atoms with van der Waals surface area (Å²) < 4.78 is 14.0. The van der Waals surface area contributed by atoms with Crippen molar-refractivity contribution in [1.82, 2.24) is 15.1 Å². The molecule has 1 aromatic carbocycles. The fourth-order valence-electron chi connectivity index (χ4n) is 2.10. The van der Waals surface area contributed by atoms with E-state index in [-0.39, 0.29) is 18.3 Å². The van der Waals surface area contributed by atoms with Crippen molar-refractivity contribution in [3.63, 3.8) is 0 Å². The first kappa shape index (κ1) is 16.6. The van der Waals surface area contributed by atoms with Gasteiger partial charge in [-0.15, -0.1) is 0 Å². The molecule has 0 spiro atoms. The minimum Gasteiger partial charge on any atom is -0.486 e. The molecule has 7 heteroatoms. The highest BCUT2D eigenvalue weighted by molar-refractivity contribution is 14.1. The molecule has 0 saturated carbocycles. The number of carbonyl (C=O) groups excluding carboxylic acids is 1. The lowest BCUT2D eigenvalue weighted by atomic mass is 10.3. The van der Waals surface area contributed by atoms with Crippen molar-refractivity contribution in [2.24, 2.45) is 7.05 Å². The molecule has 6 nitrogen and oxygen atoms in total. The van der Waals surface area contributed by atoms with Crippen molar-refractivity contribution in [3.05, 3.63) is 69.4 Å². The van der Waals surface area contributed by atoms with Crippen LogP contribution in [0, 0.1) is 3.57 Å². The Labute approximate surface area is 152 Å². The standard InChI is InChI=1S/C17H16IN3O3/c1-21-13(8-9-20-21)10-19-17(22)16-7-6-15(24-16)11-23-14-4-2-12(18)3-5-14/h2-9H,10-11H2,1H3,(H,19,22). The summed E-state index contributed by atoms with van der Waals surface area (Å²) in [6, 6.07) is 13.0. The van der Waals surface area contributed by atoms with E-state index in [4.69, 9.17) is 9.15 Å². The second-order valence-corrected chi connectivity index (χ2v) is 6.38. The highest BCUT2D eigenvalue weighted by Crippen LogP contribution is 2.16. The highest BCUT2D eigenvalue weighted by Gasteiger charge is 2.12. The predicted octanol–water partition coefficient (Wildman–Crippen LogP) is 3.13. The molecule has 3 aromatic rings. The van der Waals surface area contributed by atoms with Crippen LogP contribution in [-0.2, 0) is 20.2 Å². The van der Waals surface area contributed by atoms with Crippen LogP contribution in [0.4, 0.5) is 0 Å². The van der Waals surface area contributed by atoms with Crippen LogP contribution < -0.4 is 10.1 Å². The molecule has 0 aliphatic heterocycles. The summed E-state index contributed by atoms with van der Waals surface area (Å²) in [6.45, 7) is 0.667. The molecule has 0 atom stereocenters. The summed E-state index contributed by atoms with van der Waals surface area (Å²) in [5.74, 6) is 1.35. The van der Waals surface area contributed by atoms with Gasteiger partial charge in [-0.3, -0.25) is 9.48 Å². The number of furan rings is 1. The molecule has 0 saturated heterocycles. The van der Waals surface area contributed by atoms with E-state index >= 15 is 0 Å². The molecule has 3 rings (SSSR count). The summed E-state index contributed by atoms with van der Waals surface area (Å²) in [5.41, 5.74) is 0.914. The normalized spacial score (nSPS) is 10.6. The molecule has 1 N–H and O–H groups in total. The van der Waals surface area contributed by atoms with E-state index in [0.717, 1.165) is 15.0 Å². The summed E-state index contributed by atoms with van der Waals surface area (Å²) >= 11 is 2.24. The van der Waals surface area contributed by atoms with Gasteiger partial charge in [0.1, 0.15) is 18.1 Å². The van der Waals surface area contributed by atoms with Gasteiger partial charge in [-0.2, -0.15) is 5.10 Å². The number of hydrogen-bond donors (Lipinski definition) is 1. The monoisotopic (exact) mass is 437 g/mol.